The Balaban J connectivity index is 1.40. The van der Waals surface area contributed by atoms with Crippen LogP contribution in [-0.4, -0.2) is 81.3 Å². The summed E-state index contributed by atoms with van der Waals surface area (Å²) in [5, 5.41) is 2.78. The van der Waals surface area contributed by atoms with E-state index in [0.29, 0.717) is 56.6 Å². The molecule has 174 valence electrons. The van der Waals surface area contributed by atoms with Crippen molar-refractivity contribution < 1.29 is 22.7 Å². The molecule has 3 rings (SSSR count). The number of nitrogens with one attached hydrogen (secondary N) is 1. The summed E-state index contributed by atoms with van der Waals surface area (Å²) < 4.78 is 37.2. The van der Waals surface area contributed by atoms with Gasteiger partial charge in [0.25, 0.3) is 0 Å². The van der Waals surface area contributed by atoms with Gasteiger partial charge in [-0.05, 0) is 30.2 Å². The van der Waals surface area contributed by atoms with E-state index in [2.05, 4.69) is 15.3 Å². The minimum absolute atomic E-state index is 0.00846. The van der Waals surface area contributed by atoms with Gasteiger partial charge in [0.15, 0.2) is 11.5 Å². The van der Waals surface area contributed by atoms with E-state index in [0.717, 1.165) is 5.56 Å². The monoisotopic (exact) mass is 463 g/mol. The van der Waals surface area contributed by atoms with E-state index in [1.165, 1.54) is 11.4 Å². The van der Waals surface area contributed by atoms with Crippen molar-refractivity contribution in [3.63, 3.8) is 0 Å². The van der Waals surface area contributed by atoms with Gasteiger partial charge in [-0.3, -0.25) is 4.79 Å². The van der Waals surface area contributed by atoms with Crippen molar-refractivity contribution in [3.8, 4) is 11.5 Å². The number of benzene rings is 1. The molecular weight excluding hydrogens is 434 g/mol. The van der Waals surface area contributed by atoms with Crippen LogP contribution in [0.2, 0.25) is 0 Å². The van der Waals surface area contributed by atoms with Crippen LogP contribution in [0.4, 0.5) is 5.95 Å². The minimum Gasteiger partial charge on any atom is -0.493 e. The smallest absolute Gasteiger partial charge is 0.225 e. The molecule has 0 radical (unpaired) electrons. The van der Waals surface area contributed by atoms with Gasteiger partial charge in [0.2, 0.25) is 21.9 Å². The highest BCUT2D eigenvalue weighted by atomic mass is 32.2. The van der Waals surface area contributed by atoms with E-state index in [1.807, 2.05) is 4.90 Å². The van der Waals surface area contributed by atoms with E-state index in [4.69, 9.17) is 9.47 Å². The lowest BCUT2D eigenvalue weighted by Crippen LogP contribution is -2.49. The van der Waals surface area contributed by atoms with Crippen LogP contribution in [0.5, 0.6) is 11.5 Å². The molecule has 1 amide bonds. The van der Waals surface area contributed by atoms with Crippen molar-refractivity contribution in [2.24, 2.45) is 0 Å². The molecule has 0 unspecified atom stereocenters. The molecule has 0 spiro atoms. The van der Waals surface area contributed by atoms with E-state index >= 15 is 0 Å². The van der Waals surface area contributed by atoms with Gasteiger partial charge in [-0.15, -0.1) is 0 Å². The first kappa shape index (κ1) is 23.7. The van der Waals surface area contributed by atoms with Crippen LogP contribution < -0.4 is 19.7 Å². The third-order valence-electron chi connectivity index (χ3n) is 5.18. The quantitative estimate of drug-likeness (QED) is 0.512. The van der Waals surface area contributed by atoms with E-state index in [-0.39, 0.29) is 18.1 Å². The summed E-state index contributed by atoms with van der Waals surface area (Å²) in [6.07, 6.45) is 3.87. The molecule has 0 saturated carbocycles. The summed E-state index contributed by atoms with van der Waals surface area (Å²) in [7, 11) is -0.288. The summed E-state index contributed by atoms with van der Waals surface area (Å²) in [5.41, 5.74) is 0.785. The van der Waals surface area contributed by atoms with Crippen LogP contribution in [0.3, 0.4) is 0 Å². The van der Waals surface area contributed by atoms with Crippen molar-refractivity contribution >= 4 is 21.9 Å². The molecule has 10 nitrogen and oxygen atoms in total. The number of methoxy groups -OCH3 is 2. The van der Waals surface area contributed by atoms with Gasteiger partial charge in [0.05, 0.1) is 26.4 Å². The highest BCUT2D eigenvalue weighted by molar-refractivity contribution is 7.89. The maximum Gasteiger partial charge on any atom is 0.225 e. The Labute approximate surface area is 188 Å². The van der Waals surface area contributed by atoms with Gasteiger partial charge in [0, 0.05) is 45.1 Å². The molecule has 1 N–H and O–H groups in total. The van der Waals surface area contributed by atoms with Gasteiger partial charge in [0.1, 0.15) is 0 Å². The number of anilines is 1. The third kappa shape index (κ3) is 6.30. The Morgan fingerprint density at radius 1 is 1.06 bits per heavy atom. The SMILES string of the molecule is COc1ccc(CC(=O)NCCCS(=O)(=O)N2CCN(c3ncccn3)CC2)cc1OC. The summed E-state index contributed by atoms with van der Waals surface area (Å²) in [5.74, 6) is 1.58. The molecule has 32 heavy (non-hydrogen) atoms. The van der Waals surface area contributed by atoms with Crippen molar-refractivity contribution in [2.75, 3.05) is 57.6 Å². The van der Waals surface area contributed by atoms with Crippen molar-refractivity contribution in [3.05, 3.63) is 42.2 Å². The number of hydrogen-bond acceptors (Lipinski definition) is 8. The maximum atomic E-state index is 12.6. The van der Waals surface area contributed by atoms with Crippen molar-refractivity contribution in [1.82, 2.24) is 19.6 Å². The van der Waals surface area contributed by atoms with Gasteiger partial charge in [-0.1, -0.05) is 6.07 Å². The van der Waals surface area contributed by atoms with E-state index in [9.17, 15) is 13.2 Å². The molecular formula is C21H29N5O5S. The van der Waals surface area contributed by atoms with Gasteiger partial charge in [-0.2, -0.15) is 4.31 Å². The van der Waals surface area contributed by atoms with Gasteiger partial charge >= 0.3 is 0 Å². The van der Waals surface area contributed by atoms with Crippen LogP contribution in [0, 0.1) is 0 Å². The zero-order chi connectivity index (χ0) is 23.0. The molecule has 2 heterocycles. The zero-order valence-electron chi connectivity index (χ0n) is 18.4. The Morgan fingerprint density at radius 3 is 2.41 bits per heavy atom. The van der Waals surface area contributed by atoms with Crippen LogP contribution >= 0.6 is 0 Å². The first-order chi connectivity index (χ1) is 15.4. The number of amides is 1. The molecule has 11 heteroatoms. The lowest BCUT2D eigenvalue weighted by molar-refractivity contribution is -0.120. The Bertz CT molecular complexity index is 995. The second-order valence-corrected chi connectivity index (χ2v) is 9.41. The average Bonchev–Trinajstić information content (AvgIpc) is 2.82. The molecule has 0 atom stereocenters. The molecule has 2 aromatic rings. The zero-order valence-corrected chi connectivity index (χ0v) is 19.2. The molecule has 1 saturated heterocycles. The summed E-state index contributed by atoms with van der Waals surface area (Å²) >= 11 is 0. The Morgan fingerprint density at radius 2 is 1.75 bits per heavy atom. The molecule has 1 aromatic heterocycles. The number of carbonyl (C=O) groups excluding carboxylic acids is 1. The molecule has 0 aliphatic carbocycles. The number of aromatic nitrogens is 2. The number of ether oxygens (including phenoxy) is 2. The predicted octanol–water partition coefficient (Wildman–Crippen LogP) is 0.695. The van der Waals surface area contributed by atoms with Crippen LogP contribution in [0.25, 0.3) is 0 Å². The van der Waals surface area contributed by atoms with Gasteiger partial charge in [-0.25, -0.2) is 18.4 Å². The Hall–Kier alpha value is -2.92. The number of hydrogen-bond donors (Lipinski definition) is 1. The number of piperazine rings is 1. The number of nitrogens with zero attached hydrogens (tertiary/aromatic N) is 4. The highest BCUT2D eigenvalue weighted by Crippen LogP contribution is 2.27. The van der Waals surface area contributed by atoms with Crippen LogP contribution in [0.1, 0.15) is 12.0 Å². The molecule has 1 fully saturated rings. The van der Waals surface area contributed by atoms with Crippen LogP contribution in [-0.2, 0) is 21.2 Å². The lowest BCUT2D eigenvalue weighted by Gasteiger charge is -2.33. The average molecular weight is 464 g/mol. The topological polar surface area (TPSA) is 114 Å². The number of sulfonamides is 1. The van der Waals surface area contributed by atoms with Crippen molar-refractivity contribution in [2.45, 2.75) is 12.8 Å². The normalized spacial score (nSPS) is 14.8. The molecule has 1 aromatic carbocycles. The standard InChI is InChI=1S/C21H29N5O5S/c1-30-18-6-5-17(15-19(18)31-2)16-20(27)22-9-4-14-32(28,29)26-12-10-25(11-13-26)21-23-7-3-8-24-21/h3,5-8,15H,4,9-14,16H2,1-2H3,(H,22,27). The van der Waals surface area contributed by atoms with Crippen molar-refractivity contribution in [1.29, 1.82) is 0 Å². The second-order valence-electron chi connectivity index (χ2n) is 7.32. The summed E-state index contributed by atoms with van der Waals surface area (Å²) in [6.45, 7) is 2.18. The molecule has 1 aliphatic heterocycles. The summed E-state index contributed by atoms with van der Waals surface area (Å²) in [4.78, 5) is 22.6. The first-order valence-corrected chi connectivity index (χ1v) is 12.0. The number of carbonyl (C=O) groups is 1. The highest BCUT2D eigenvalue weighted by Gasteiger charge is 2.27. The first-order valence-electron chi connectivity index (χ1n) is 10.4. The van der Waals surface area contributed by atoms with Gasteiger partial charge < -0.3 is 19.7 Å². The fourth-order valence-corrected chi connectivity index (χ4v) is 4.96. The Kier molecular flexibility index (Phi) is 8.23. The molecule has 0 bridgehead atoms. The summed E-state index contributed by atoms with van der Waals surface area (Å²) in [6, 6.07) is 7.04. The molecule has 1 aliphatic rings. The fourth-order valence-electron chi connectivity index (χ4n) is 3.47. The third-order valence-corrected chi connectivity index (χ3v) is 7.14. The predicted molar refractivity (Wildman–Crippen MR) is 120 cm³/mol. The fraction of sp³-hybridized carbons (Fsp3) is 0.476. The minimum atomic E-state index is -3.38. The van der Waals surface area contributed by atoms with E-state index < -0.39 is 10.0 Å². The maximum absolute atomic E-state index is 12.6. The number of rotatable bonds is 10. The largest absolute Gasteiger partial charge is 0.493 e. The lowest BCUT2D eigenvalue weighted by atomic mass is 10.1. The second kappa shape index (κ2) is 11.1. The van der Waals surface area contributed by atoms with Crippen LogP contribution in [0.15, 0.2) is 36.7 Å². The van der Waals surface area contributed by atoms with E-state index in [1.54, 1.807) is 43.8 Å².